The highest BCUT2D eigenvalue weighted by atomic mass is 16.1. The van der Waals surface area contributed by atoms with Crippen LogP contribution in [0.15, 0.2) is 16.9 Å². The van der Waals surface area contributed by atoms with Gasteiger partial charge in [0, 0.05) is 12.7 Å². The van der Waals surface area contributed by atoms with Crippen LogP contribution in [0.3, 0.4) is 0 Å². The second-order valence-electron chi connectivity index (χ2n) is 2.81. The summed E-state index contributed by atoms with van der Waals surface area (Å²) in [6, 6.07) is 3.33. The third-order valence-corrected chi connectivity index (χ3v) is 1.93. The van der Waals surface area contributed by atoms with Crippen molar-refractivity contribution in [1.29, 1.82) is 0 Å². The van der Waals surface area contributed by atoms with E-state index in [0.717, 1.165) is 5.69 Å². The number of nitrogens with zero attached hydrogens (tertiary/aromatic N) is 1. The van der Waals surface area contributed by atoms with Crippen LogP contribution in [0.2, 0.25) is 0 Å². The quantitative estimate of drug-likeness (QED) is 0.642. The van der Waals surface area contributed by atoms with Gasteiger partial charge in [-0.15, -0.1) is 0 Å². The zero-order valence-electron chi connectivity index (χ0n) is 9.42. The molecule has 0 saturated carbocycles. The fourth-order valence-electron chi connectivity index (χ4n) is 0.996. The van der Waals surface area contributed by atoms with Gasteiger partial charge in [0.05, 0.1) is 5.56 Å². The molecular formula is C11H17NO2. The van der Waals surface area contributed by atoms with Gasteiger partial charge in [-0.05, 0) is 26.0 Å². The molecule has 3 heteroatoms. The van der Waals surface area contributed by atoms with Crippen molar-refractivity contribution in [3.05, 3.63) is 33.7 Å². The highest BCUT2D eigenvalue weighted by molar-refractivity contribution is 5.93. The molecule has 1 aromatic rings. The van der Waals surface area contributed by atoms with E-state index in [9.17, 15) is 9.59 Å². The van der Waals surface area contributed by atoms with Crippen molar-refractivity contribution >= 4 is 5.78 Å². The van der Waals surface area contributed by atoms with E-state index < -0.39 is 0 Å². The smallest absolute Gasteiger partial charge is 0.261 e. The number of ketones is 1. The van der Waals surface area contributed by atoms with Crippen molar-refractivity contribution in [2.24, 2.45) is 7.05 Å². The summed E-state index contributed by atoms with van der Waals surface area (Å²) in [4.78, 5) is 22.3. The molecule has 0 fully saturated rings. The van der Waals surface area contributed by atoms with Crippen molar-refractivity contribution in [1.82, 2.24) is 4.57 Å². The maximum absolute atomic E-state index is 11.4. The van der Waals surface area contributed by atoms with Gasteiger partial charge in [0.25, 0.3) is 5.56 Å². The van der Waals surface area contributed by atoms with Gasteiger partial charge in [-0.25, -0.2) is 0 Å². The first-order valence-corrected chi connectivity index (χ1v) is 4.71. The molecule has 0 radical (unpaired) electrons. The Morgan fingerprint density at radius 3 is 2.21 bits per heavy atom. The number of hydrogen-bond donors (Lipinski definition) is 0. The van der Waals surface area contributed by atoms with Gasteiger partial charge in [0.1, 0.15) is 0 Å². The highest BCUT2D eigenvalue weighted by Gasteiger charge is 2.06. The lowest BCUT2D eigenvalue weighted by atomic mass is 10.2. The van der Waals surface area contributed by atoms with Crippen LogP contribution in [0.1, 0.15) is 36.8 Å². The van der Waals surface area contributed by atoms with Crippen molar-refractivity contribution in [2.75, 3.05) is 0 Å². The molecule has 0 bridgehead atoms. The molecular weight excluding hydrogens is 178 g/mol. The van der Waals surface area contributed by atoms with Gasteiger partial charge in [0.15, 0.2) is 5.78 Å². The van der Waals surface area contributed by atoms with E-state index in [2.05, 4.69) is 0 Å². The van der Waals surface area contributed by atoms with Gasteiger partial charge >= 0.3 is 0 Å². The fourth-order valence-corrected chi connectivity index (χ4v) is 0.996. The van der Waals surface area contributed by atoms with Crippen LogP contribution in [0.5, 0.6) is 0 Å². The van der Waals surface area contributed by atoms with Gasteiger partial charge < -0.3 is 4.57 Å². The number of carbonyl (C=O) groups excluding carboxylic acids is 1. The predicted molar refractivity (Wildman–Crippen MR) is 57.8 cm³/mol. The van der Waals surface area contributed by atoms with E-state index in [-0.39, 0.29) is 16.9 Å². The summed E-state index contributed by atoms with van der Waals surface area (Å²) in [5.74, 6) is -0.185. The average Bonchev–Trinajstić information content (AvgIpc) is 2.17. The van der Waals surface area contributed by atoms with E-state index in [0.29, 0.717) is 0 Å². The lowest BCUT2D eigenvalue weighted by Gasteiger charge is -2.03. The predicted octanol–water partition coefficient (Wildman–Crippen LogP) is 1.92. The Kier molecular flexibility index (Phi) is 4.84. The molecule has 0 N–H and O–H groups in total. The van der Waals surface area contributed by atoms with Crippen LogP contribution in [0.25, 0.3) is 0 Å². The molecule has 0 saturated heterocycles. The minimum absolute atomic E-state index is 0.185. The fraction of sp³-hybridized carbons (Fsp3) is 0.455. The van der Waals surface area contributed by atoms with Gasteiger partial charge in [-0.2, -0.15) is 0 Å². The largest absolute Gasteiger partial charge is 0.315 e. The van der Waals surface area contributed by atoms with Crippen LogP contribution in [-0.4, -0.2) is 10.4 Å². The number of aryl methyl sites for hydroxylation is 1. The topological polar surface area (TPSA) is 39.1 Å². The Labute approximate surface area is 84.4 Å². The van der Waals surface area contributed by atoms with Crippen LogP contribution < -0.4 is 5.56 Å². The Morgan fingerprint density at radius 1 is 1.29 bits per heavy atom. The SMILES string of the molecule is CC.CC(=O)c1ccc(C)n(C)c1=O. The zero-order valence-corrected chi connectivity index (χ0v) is 9.42. The first-order valence-electron chi connectivity index (χ1n) is 4.71. The van der Waals surface area contributed by atoms with E-state index in [1.165, 1.54) is 11.5 Å². The molecule has 0 aliphatic heterocycles. The summed E-state index contributed by atoms with van der Waals surface area (Å²) < 4.78 is 1.47. The molecule has 78 valence electrons. The maximum atomic E-state index is 11.4. The number of pyridine rings is 1. The zero-order chi connectivity index (χ0) is 11.3. The molecule has 0 aromatic carbocycles. The minimum atomic E-state index is -0.220. The molecule has 14 heavy (non-hydrogen) atoms. The Bertz CT molecular complexity index is 377. The second-order valence-corrected chi connectivity index (χ2v) is 2.81. The Balaban J connectivity index is 0.000000791. The van der Waals surface area contributed by atoms with E-state index in [1.807, 2.05) is 20.8 Å². The number of rotatable bonds is 1. The van der Waals surface area contributed by atoms with Crippen LogP contribution >= 0.6 is 0 Å². The Morgan fingerprint density at radius 2 is 1.79 bits per heavy atom. The third kappa shape index (κ3) is 2.55. The van der Waals surface area contributed by atoms with Crippen molar-refractivity contribution < 1.29 is 4.79 Å². The number of hydrogen-bond acceptors (Lipinski definition) is 2. The molecule has 0 unspecified atom stereocenters. The lowest BCUT2D eigenvalue weighted by molar-refractivity contribution is 0.101. The molecule has 3 nitrogen and oxygen atoms in total. The lowest BCUT2D eigenvalue weighted by Crippen LogP contribution is -2.24. The molecule has 1 heterocycles. The average molecular weight is 195 g/mol. The summed E-state index contributed by atoms with van der Waals surface area (Å²) >= 11 is 0. The molecule has 0 aliphatic carbocycles. The minimum Gasteiger partial charge on any atom is -0.315 e. The summed E-state index contributed by atoms with van der Waals surface area (Å²) in [7, 11) is 1.66. The number of aromatic nitrogens is 1. The summed E-state index contributed by atoms with van der Waals surface area (Å²) in [5.41, 5.74) is 0.885. The van der Waals surface area contributed by atoms with Gasteiger partial charge in [-0.1, -0.05) is 13.8 Å². The third-order valence-electron chi connectivity index (χ3n) is 1.93. The summed E-state index contributed by atoms with van der Waals surface area (Å²) in [5, 5.41) is 0. The standard InChI is InChI=1S/C9H11NO2.C2H6/c1-6-4-5-8(7(2)11)9(12)10(6)3;1-2/h4-5H,1-3H3;1-2H3. The number of Topliss-reactive ketones (excluding diaryl/α,β-unsaturated/α-hetero) is 1. The van der Waals surface area contributed by atoms with Crippen LogP contribution in [0, 0.1) is 6.92 Å². The van der Waals surface area contributed by atoms with Crippen molar-refractivity contribution in [3.8, 4) is 0 Å². The van der Waals surface area contributed by atoms with Crippen molar-refractivity contribution in [3.63, 3.8) is 0 Å². The van der Waals surface area contributed by atoms with Crippen molar-refractivity contribution in [2.45, 2.75) is 27.7 Å². The molecule has 0 amide bonds. The van der Waals surface area contributed by atoms with Gasteiger partial charge in [-0.3, -0.25) is 9.59 Å². The van der Waals surface area contributed by atoms with Gasteiger partial charge in [0.2, 0.25) is 0 Å². The Hall–Kier alpha value is -1.38. The number of carbonyl (C=O) groups is 1. The van der Waals surface area contributed by atoms with E-state index >= 15 is 0 Å². The van der Waals surface area contributed by atoms with Crippen LogP contribution in [-0.2, 0) is 7.05 Å². The molecule has 0 aliphatic rings. The molecule has 1 aromatic heterocycles. The maximum Gasteiger partial charge on any atom is 0.261 e. The first-order chi connectivity index (χ1) is 6.54. The second kappa shape index (κ2) is 5.37. The molecule has 1 rings (SSSR count). The molecule has 0 spiro atoms. The summed E-state index contributed by atoms with van der Waals surface area (Å²) in [6.45, 7) is 7.22. The summed E-state index contributed by atoms with van der Waals surface area (Å²) in [6.07, 6.45) is 0. The molecule has 0 atom stereocenters. The van der Waals surface area contributed by atoms with E-state index in [4.69, 9.17) is 0 Å². The normalized spacial score (nSPS) is 8.93. The first kappa shape index (κ1) is 12.6. The van der Waals surface area contributed by atoms with Crippen LogP contribution in [0.4, 0.5) is 0 Å². The van der Waals surface area contributed by atoms with E-state index in [1.54, 1.807) is 19.2 Å². The monoisotopic (exact) mass is 195 g/mol. The highest BCUT2D eigenvalue weighted by Crippen LogP contribution is 1.96.